The number of benzene rings is 3. The molecule has 3 aromatic carbocycles. The highest BCUT2D eigenvalue weighted by Crippen LogP contribution is 2.33. The minimum Gasteiger partial charge on any atom is -0.493 e. The fourth-order valence-electron chi connectivity index (χ4n) is 3.58. The van der Waals surface area contributed by atoms with Gasteiger partial charge in [0.15, 0.2) is 11.5 Å². The Hall–Kier alpha value is -3.72. The first-order valence-electron chi connectivity index (χ1n) is 11.0. The molecule has 0 unspecified atom stereocenters. The third kappa shape index (κ3) is 6.66. The summed E-state index contributed by atoms with van der Waals surface area (Å²) in [4.78, 5) is 12.8. The number of sulfonamides is 1. The second-order valence-corrected chi connectivity index (χ2v) is 9.75. The van der Waals surface area contributed by atoms with E-state index in [0.717, 1.165) is 21.2 Å². The molecule has 0 fully saturated rings. The molecule has 0 aromatic heterocycles. The number of hydrogen-bond donors (Lipinski definition) is 1. The quantitative estimate of drug-likeness (QED) is 0.405. The van der Waals surface area contributed by atoms with Crippen LogP contribution in [0, 0.1) is 13.8 Å². The predicted octanol–water partition coefficient (Wildman–Crippen LogP) is 3.71. The fraction of sp³-hybridized carbons (Fsp3) is 0.269. The van der Waals surface area contributed by atoms with Gasteiger partial charge in [0.1, 0.15) is 18.9 Å². The van der Waals surface area contributed by atoms with Crippen molar-refractivity contribution in [1.29, 1.82) is 0 Å². The molecule has 1 N–H and O–H groups in total. The molecule has 0 spiro atoms. The van der Waals surface area contributed by atoms with Crippen LogP contribution in [0.1, 0.15) is 11.1 Å². The number of anilines is 1. The third-order valence-electron chi connectivity index (χ3n) is 5.16. The summed E-state index contributed by atoms with van der Waals surface area (Å²) < 4.78 is 44.2. The molecule has 3 aromatic rings. The van der Waals surface area contributed by atoms with Gasteiger partial charge in [-0.15, -0.1) is 0 Å². The van der Waals surface area contributed by atoms with Crippen molar-refractivity contribution in [2.24, 2.45) is 0 Å². The summed E-state index contributed by atoms with van der Waals surface area (Å²) in [6.45, 7) is 4.01. The summed E-state index contributed by atoms with van der Waals surface area (Å²) in [6, 6.07) is 18.5. The number of rotatable bonds is 11. The molecule has 186 valence electrons. The molecule has 1 amide bonds. The summed E-state index contributed by atoms with van der Waals surface area (Å²) in [7, 11) is -1.08. The molecule has 0 aliphatic carbocycles. The van der Waals surface area contributed by atoms with Crippen molar-refractivity contribution in [3.05, 3.63) is 77.9 Å². The van der Waals surface area contributed by atoms with Gasteiger partial charge in [0.2, 0.25) is 5.91 Å². The Balaban J connectivity index is 1.76. The number of carbonyl (C=O) groups is 1. The zero-order valence-electron chi connectivity index (χ0n) is 20.3. The highest BCUT2D eigenvalue weighted by atomic mass is 32.2. The Morgan fingerprint density at radius 2 is 1.54 bits per heavy atom. The van der Waals surface area contributed by atoms with Crippen LogP contribution in [0.25, 0.3) is 0 Å². The van der Waals surface area contributed by atoms with Gasteiger partial charge in [-0.1, -0.05) is 24.3 Å². The smallest absolute Gasteiger partial charge is 0.264 e. The van der Waals surface area contributed by atoms with Gasteiger partial charge in [-0.05, 0) is 61.4 Å². The highest BCUT2D eigenvalue weighted by molar-refractivity contribution is 7.92. The topological polar surface area (TPSA) is 94.2 Å². The van der Waals surface area contributed by atoms with Crippen LogP contribution < -0.4 is 23.8 Å². The Bertz CT molecular complexity index is 1240. The number of nitrogens with one attached hydrogen (secondary N) is 1. The third-order valence-corrected chi connectivity index (χ3v) is 6.95. The van der Waals surface area contributed by atoms with Crippen LogP contribution in [0.3, 0.4) is 0 Å². The summed E-state index contributed by atoms with van der Waals surface area (Å²) in [5.41, 5.74) is 2.44. The number of amides is 1. The lowest BCUT2D eigenvalue weighted by Crippen LogP contribution is -2.41. The number of hydrogen-bond acceptors (Lipinski definition) is 6. The lowest BCUT2D eigenvalue weighted by atomic mass is 10.1. The zero-order valence-corrected chi connectivity index (χ0v) is 21.1. The number of methoxy groups -OCH3 is 2. The molecule has 0 bridgehead atoms. The largest absolute Gasteiger partial charge is 0.493 e. The van der Waals surface area contributed by atoms with Crippen LogP contribution in [-0.4, -0.2) is 48.2 Å². The number of ether oxygens (including phenoxy) is 3. The van der Waals surface area contributed by atoms with Crippen molar-refractivity contribution in [2.45, 2.75) is 18.7 Å². The molecule has 0 saturated heterocycles. The molecule has 0 atom stereocenters. The Morgan fingerprint density at radius 1 is 0.886 bits per heavy atom. The molecule has 0 radical (unpaired) electrons. The van der Waals surface area contributed by atoms with E-state index in [0.29, 0.717) is 11.5 Å². The maximum atomic E-state index is 13.5. The number of nitrogens with zero attached hydrogens (tertiary/aromatic N) is 1. The molecule has 9 heteroatoms. The maximum absolute atomic E-state index is 13.5. The van der Waals surface area contributed by atoms with Gasteiger partial charge in [0.05, 0.1) is 31.3 Å². The molecule has 0 aliphatic rings. The van der Waals surface area contributed by atoms with Crippen molar-refractivity contribution in [3.63, 3.8) is 0 Å². The van der Waals surface area contributed by atoms with E-state index >= 15 is 0 Å². The Kier molecular flexibility index (Phi) is 8.59. The van der Waals surface area contributed by atoms with E-state index < -0.39 is 22.5 Å². The van der Waals surface area contributed by atoms with E-state index in [1.165, 1.54) is 32.4 Å². The summed E-state index contributed by atoms with van der Waals surface area (Å²) in [5.74, 6) is 1.04. The molecular weight excluding hydrogens is 468 g/mol. The molecule has 0 heterocycles. The van der Waals surface area contributed by atoms with Gasteiger partial charge in [0, 0.05) is 6.07 Å². The van der Waals surface area contributed by atoms with Gasteiger partial charge in [-0.2, -0.15) is 0 Å². The minimum absolute atomic E-state index is 0.0701. The summed E-state index contributed by atoms with van der Waals surface area (Å²) >= 11 is 0. The van der Waals surface area contributed by atoms with E-state index in [4.69, 9.17) is 14.2 Å². The zero-order chi connectivity index (χ0) is 25.4. The molecule has 8 nitrogen and oxygen atoms in total. The van der Waals surface area contributed by atoms with E-state index in [-0.39, 0.29) is 23.7 Å². The normalized spacial score (nSPS) is 11.0. The van der Waals surface area contributed by atoms with Crippen molar-refractivity contribution in [2.75, 3.05) is 38.2 Å². The first-order chi connectivity index (χ1) is 16.7. The van der Waals surface area contributed by atoms with E-state index in [1.54, 1.807) is 30.3 Å². The second kappa shape index (κ2) is 11.6. The van der Waals surface area contributed by atoms with Gasteiger partial charge in [-0.3, -0.25) is 9.10 Å². The van der Waals surface area contributed by atoms with E-state index in [1.807, 2.05) is 32.0 Å². The van der Waals surface area contributed by atoms with Crippen LogP contribution in [-0.2, 0) is 14.8 Å². The lowest BCUT2D eigenvalue weighted by Gasteiger charge is -2.25. The standard InChI is InChI=1S/C26H30N2O6S/c1-19-14-20(2)16-22(15-19)34-13-12-27-26(29)18-28(35(30,31)23-8-6-5-7-9-23)21-10-11-24(32-3)25(17-21)33-4/h5-11,14-17H,12-13,18H2,1-4H3,(H,27,29). The van der Waals surface area contributed by atoms with E-state index in [2.05, 4.69) is 5.32 Å². The first-order valence-corrected chi connectivity index (χ1v) is 12.5. The van der Waals surface area contributed by atoms with Crippen LogP contribution in [0.5, 0.6) is 17.2 Å². The molecule has 0 aliphatic heterocycles. The Morgan fingerprint density at radius 3 is 2.17 bits per heavy atom. The fourth-order valence-corrected chi connectivity index (χ4v) is 5.01. The molecule has 3 rings (SSSR count). The molecular formula is C26H30N2O6S. The van der Waals surface area contributed by atoms with Crippen molar-refractivity contribution in [1.82, 2.24) is 5.32 Å². The highest BCUT2D eigenvalue weighted by Gasteiger charge is 2.28. The van der Waals surface area contributed by atoms with Crippen molar-refractivity contribution >= 4 is 21.6 Å². The van der Waals surface area contributed by atoms with Crippen LogP contribution >= 0.6 is 0 Å². The van der Waals surface area contributed by atoms with Crippen molar-refractivity contribution < 1.29 is 27.4 Å². The van der Waals surface area contributed by atoms with Gasteiger partial charge in [-0.25, -0.2) is 8.42 Å². The number of carbonyl (C=O) groups excluding carboxylic acids is 1. The Labute approximate surface area is 206 Å². The van der Waals surface area contributed by atoms with Crippen LogP contribution in [0.2, 0.25) is 0 Å². The van der Waals surface area contributed by atoms with Crippen LogP contribution in [0.15, 0.2) is 71.6 Å². The number of aryl methyl sites for hydroxylation is 2. The molecule has 0 saturated carbocycles. The predicted molar refractivity (Wildman–Crippen MR) is 135 cm³/mol. The lowest BCUT2D eigenvalue weighted by molar-refractivity contribution is -0.119. The van der Waals surface area contributed by atoms with Crippen LogP contribution in [0.4, 0.5) is 5.69 Å². The first kappa shape index (κ1) is 25.9. The van der Waals surface area contributed by atoms with Crippen molar-refractivity contribution in [3.8, 4) is 17.2 Å². The average molecular weight is 499 g/mol. The molecule has 35 heavy (non-hydrogen) atoms. The monoisotopic (exact) mass is 498 g/mol. The SMILES string of the molecule is COc1ccc(N(CC(=O)NCCOc2cc(C)cc(C)c2)S(=O)(=O)c2ccccc2)cc1OC. The van der Waals surface area contributed by atoms with E-state index in [9.17, 15) is 13.2 Å². The second-order valence-electron chi connectivity index (χ2n) is 7.89. The van der Waals surface area contributed by atoms with Gasteiger partial charge in [0.25, 0.3) is 10.0 Å². The summed E-state index contributed by atoms with van der Waals surface area (Å²) in [5, 5.41) is 2.73. The summed E-state index contributed by atoms with van der Waals surface area (Å²) in [6.07, 6.45) is 0. The van der Waals surface area contributed by atoms with Gasteiger partial charge < -0.3 is 19.5 Å². The minimum atomic E-state index is -4.03. The van der Waals surface area contributed by atoms with Gasteiger partial charge >= 0.3 is 0 Å². The maximum Gasteiger partial charge on any atom is 0.264 e. The average Bonchev–Trinajstić information content (AvgIpc) is 2.84.